The van der Waals surface area contributed by atoms with Crippen LogP contribution in [0.5, 0.6) is 5.75 Å². The largest absolute Gasteiger partial charge is 0.507 e. The first-order valence-corrected chi connectivity index (χ1v) is 12.1. The molecule has 0 aromatic heterocycles. The van der Waals surface area contributed by atoms with Crippen LogP contribution in [0.4, 0.5) is 0 Å². The second kappa shape index (κ2) is 8.99. The van der Waals surface area contributed by atoms with Crippen LogP contribution in [0.15, 0.2) is 41.3 Å². The van der Waals surface area contributed by atoms with Gasteiger partial charge in [0.05, 0.1) is 10.5 Å². The minimum Gasteiger partial charge on any atom is -0.507 e. The molecule has 0 spiro atoms. The fourth-order valence-electron chi connectivity index (χ4n) is 3.95. The summed E-state index contributed by atoms with van der Waals surface area (Å²) in [5.74, 6) is 0.336. The van der Waals surface area contributed by atoms with E-state index in [1.807, 2.05) is 6.07 Å². The van der Waals surface area contributed by atoms with Crippen LogP contribution in [0, 0.1) is 11.3 Å². The van der Waals surface area contributed by atoms with Crippen molar-refractivity contribution >= 4 is 10.0 Å². The molecule has 1 heterocycles. The van der Waals surface area contributed by atoms with Gasteiger partial charge in [-0.05, 0) is 35.1 Å². The summed E-state index contributed by atoms with van der Waals surface area (Å²) in [6, 6.07) is 12.4. The summed E-state index contributed by atoms with van der Waals surface area (Å²) in [4.78, 5) is 2.23. The molecule has 166 valence electrons. The molecule has 2 aromatic rings. The molecular formula is C24H31N3O3S. The molecule has 2 aromatic carbocycles. The quantitative estimate of drug-likeness (QED) is 0.766. The third-order valence-electron chi connectivity index (χ3n) is 5.82. The number of phenols is 1. The van der Waals surface area contributed by atoms with Crippen molar-refractivity contribution in [2.75, 3.05) is 26.2 Å². The van der Waals surface area contributed by atoms with Crippen molar-refractivity contribution in [3.8, 4) is 11.8 Å². The van der Waals surface area contributed by atoms with E-state index in [0.717, 1.165) is 17.5 Å². The summed E-state index contributed by atoms with van der Waals surface area (Å²) < 4.78 is 27.5. The number of nitriles is 1. The summed E-state index contributed by atoms with van der Waals surface area (Å²) in [6.45, 7) is 10.8. The van der Waals surface area contributed by atoms with Crippen molar-refractivity contribution in [3.63, 3.8) is 0 Å². The molecular weight excluding hydrogens is 410 g/mol. The Morgan fingerprint density at radius 2 is 1.74 bits per heavy atom. The number of rotatable bonds is 5. The van der Waals surface area contributed by atoms with Gasteiger partial charge in [0.15, 0.2) is 0 Å². The first kappa shape index (κ1) is 23.3. The average Bonchev–Trinajstić information content (AvgIpc) is 2.74. The van der Waals surface area contributed by atoms with Crippen molar-refractivity contribution in [2.45, 2.75) is 51.0 Å². The van der Waals surface area contributed by atoms with E-state index in [1.54, 1.807) is 12.1 Å². The van der Waals surface area contributed by atoms with Crippen LogP contribution in [-0.2, 0) is 28.4 Å². The molecule has 1 aliphatic rings. The molecule has 31 heavy (non-hydrogen) atoms. The minimum atomic E-state index is -3.71. The SMILES string of the molecule is CCc1cc(CN2CCN(S(=O)(=O)c3ccccc3C#N)CC2)c(O)c(C(C)(C)C)c1. The Morgan fingerprint density at radius 1 is 1.10 bits per heavy atom. The highest BCUT2D eigenvalue weighted by atomic mass is 32.2. The Balaban J connectivity index is 1.76. The standard InChI is InChI=1S/C24H31N3O3S/c1-5-18-14-20(23(28)21(15-18)24(2,3)4)17-26-10-12-27(13-11-26)31(29,30)22-9-7-6-8-19(22)16-25/h6-9,14-15,28H,5,10-13,17H2,1-4H3. The summed E-state index contributed by atoms with van der Waals surface area (Å²) >= 11 is 0. The number of aromatic hydroxyl groups is 1. The molecule has 0 radical (unpaired) electrons. The lowest BCUT2D eigenvalue weighted by Gasteiger charge is -2.34. The Bertz CT molecular complexity index is 1090. The third-order valence-corrected chi connectivity index (χ3v) is 7.77. The topological polar surface area (TPSA) is 84.6 Å². The van der Waals surface area contributed by atoms with E-state index in [4.69, 9.17) is 0 Å². The predicted molar refractivity (Wildman–Crippen MR) is 121 cm³/mol. The van der Waals surface area contributed by atoms with Gasteiger partial charge in [0.25, 0.3) is 0 Å². The van der Waals surface area contributed by atoms with Gasteiger partial charge in [-0.2, -0.15) is 9.57 Å². The number of nitrogens with zero attached hydrogens (tertiary/aromatic N) is 3. The first-order chi connectivity index (χ1) is 14.6. The fraction of sp³-hybridized carbons (Fsp3) is 0.458. The summed E-state index contributed by atoms with van der Waals surface area (Å²) in [7, 11) is -3.71. The maximum atomic E-state index is 13.0. The van der Waals surface area contributed by atoms with Crippen molar-refractivity contribution in [2.24, 2.45) is 0 Å². The Kier molecular flexibility index (Phi) is 6.75. The van der Waals surface area contributed by atoms with Crippen molar-refractivity contribution in [1.82, 2.24) is 9.21 Å². The number of sulfonamides is 1. The van der Waals surface area contributed by atoms with Crippen LogP contribution in [0.25, 0.3) is 0 Å². The van der Waals surface area contributed by atoms with E-state index in [0.29, 0.717) is 38.5 Å². The van der Waals surface area contributed by atoms with Crippen LogP contribution >= 0.6 is 0 Å². The van der Waals surface area contributed by atoms with Gasteiger partial charge in [-0.3, -0.25) is 4.90 Å². The number of phenolic OH excluding ortho intramolecular Hbond substituents is 1. The normalized spacial score (nSPS) is 16.2. The van der Waals surface area contributed by atoms with E-state index >= 15 is 0 Å². The predicted octanol–water partition coefficient (Wildman–Crippen LogP) is 3.63. The monoisotopic (exact) mass is 441 g/mol. The molecule has 0 atom stereocenters. The second-order valence-corrected chi connectivity index (χ2v) is 10.9. The van der Waals surface area contributed by atoms with Crippen molar-refractivity contribution < 1.29 is 13.5 Å². The molecule has 1 aliphatic heterocycles. The molecule has 1 N–H and O–H groups in total. The average molecular weight is 442 g/mol. The smallest absolute Gasteiger partial charge is 0.244 e. The van der Waals surface area contributed by atoms with E-state index < -0.39 is 10.0 Å². The summed E-state index contributed by atoms with van der Waals surface area (Å²) in [5.41, 5.74) is 3.02. The zero-order valence-electron chi connectivity index (χ0n) is 18.7. The molecule has 0 bridgehead atoms. The third kappa shape index (κ3) is 4.93. The van der Waals surface area contributed by atoms with Crippen molar-refractivity contribution in [1.29, 1.82) is 5.26 Å². The second-order valence-electron chi connectivity index (χ2n) is 9.04. The van der Waals surface area contributed by atoms with E-state index in [9.17, 15) is 18.8 Å². The van der Waals surface area contributed by atoms with Crippen LogP contribution < -0.4 is 0 Å². The molecule has 6 nitrogen and oxygen atoms in total. The van der Waals surface area contributed by atoms with Crippen LogP contribution in [-0.4, -0.2) is 48.9 Å². The number of piperazine rings is 1. The highest BCUT2D eigenvalue weighted by molar-refractivity contribution is 7.89. The minimum absolute atomic E-state index is 0.0639. The zero-order chi connectivity index (χ0) is 22.8. The van der Waals surface area contributed by atoms with Gasteiger partial charge < -0.3 is 5.11 Å². The molecule has 0 unspecified atom stereocenters. The molecule has 0 aliphatic carbocycles. The van der Waals surface area contributed by atoms with Gasteiger partial charge in [0, 0.05) is 38.3 Å². The zero-order valence-corrected chi connectivity index (χ0v) is 19.5. The van der Waals surface area contributed by atoms with Gasteiger partial charge in [-0.15, -0.1) is 0 Å². The van der Waals surface area contributed by atoms with E-state index in [2.05, 4.69) is 44.7 Å². The maximum Gasteiger partial charge on any atom is 0.244 e. The van der Waals surface area contributed by atoms with Gasteiger partial charge in [0.2, 0.25) is 10.0 Å². The summed E-state index contributed by atoms with van der Waals surface area (Å²) in [6.07, 6.45) is 0.890. The number of benzene rings is 2. The van der Waals surface area contributed by atoms with Crippen LogP contribution in [0.3, 0.4) is 0 Å². The maximum absolute atomic E-state index is 13.0. The molecule has 7 heteroatoms. The lowest BCUT2D eigenvalue weighted by molar-refractivity contribution is 0.180. The molecule has 0 amide bonds. The van der Waals surface area contributed by atoms with Crippen LogP contribution in [0.2, 0.25) is 0 Å². The Labute approximate surface area is 185 Å². The molecule has 0 saturated carbocycles. The van der Waals surface area contributed by atoms with Crippen LogP contribution in [0.1, 0.15) is 49.9 Å². The molecule has 3 rings (SSSR count). The molecule has 1 fully saturated rings. The fourth-order valence-corrected chi connectivity index (χ4v) is 5.51. The van der Waals surface area contributed by atoms with Crippen molar-refractivity contribution in [3.05, 3.63) is 58.7 Å². The highest BCUT2D eigenvalue weighted by Gasteiger charge is 2.31. The highest BCUT2D eigenvalue weighted by Crippen LogP contribution is 2.35. The van der Waals surface area contributed by atoms with E-state index in [1.165, 1.54) is 22.0 Å². The Morgan fingerprint density at radius 3 is 2.32 bits per heavy atom. The van der Waals surface area contributed by atoms with Gasteiger partial charge in [-0.25, -0.2) is 8.42 Å². The summed E-state index contributed by atoms with van der Waals surface area (Å²) in [5, 5.41) is 20.2. The lowest BCUT2D eigenvalue weighted by atomic mass is 9.83. The van der Waals surface area contributed by atoms with Gasteiger partial charge in [0.1, 0.15) is 11.8 Å². The van der Waals surface area contributed by atoms with Gasteiger partial charge in [-0.1, -0.05) is 52.0 Å². The first-order valence-electron chi connectivity index (χ1n) is 10.6. The van der Waals surface area contributed by atoms with E-state index in [-0.39, 0.29) is 15.9 Å². The lowest BCUT2D eigenvalue weighted by Crippen LogP contribution is -2.48. The van der Waals surface area contributed by atoms with Gasteiger partial charge >= 0.3 is 0 Å². The number of aryl methyl sites for hydroxylation is 1. The number of hydrogen-bond acceptors (Lipinski definition) is 5. The number of hydrogen-bond donors (Lipinski definition) is 1. The Hall–Kier alpha value is -2.40. The molecule has 1 saturated heterocycles.